The van der Waals surface area contributed by atoms with E-state index in [0.717, 1.165) is 5.56 Å². The van der Waals surface area contributed by atoms with Gasteiger partial charge in [0.2, 0.25) is 0 Å². The van der Waals surface area contributed by atoms with Gasteiger partial charge >= 0.3 is 0 Å². The van der Waals surface area contributed by atoms with Crippen LogP contribution < -0.4 is 4.74 Å². The summed E-state index contributed by atoms with van der Waals surface area (Å²) in [5.74, 6) is -0.506. The maximum absolute atomic E-state index is 13.0. The number of aliphatic hydroxyl groups is 1. The smallest absolute Gasteiger partial charge is 0.290 e. The van der Waals surface area contributed by atoms with Gasteiger partial charge in [0.1, 0.15) is 12.4 Å². The number of hydrogen-bond acceptors (Lipinski definition) is 5. The van der Waals surface area contributed by atoms with Crippen LogP contribution in [0.25, 0.3) is 0 Å². The van der Waals surface area contributed by atoms with Crippen molar-refractivity contribution in [2.45, 2.75) is 32.9 Å². The molecular formula is C25H29NO5. The second kappa shape index (κ2) is 10.3. The molecule has 31 heavy (non-hydrogen) atoms. The van der Waals surface area contributed by atoms with Crippen molar-refractivity contribution in [2.24, 2.45) is 5.92 Å². The first-order chi connectivity index (χ1) is 14.9. The average molecular weight is 424 g/mol. The van der Waals surface area contributed by atoms with Crippen molar-refractivity contribution in [3.63, 3.8) is 0 Å². The molecule has 0 spiro atoms. The van der Waals surface area contributed by atoms with Crippen LogP contribution in [0.4, 0.5) is 0 Å². The van der Waals surface area contributed by atoms with E-state index in [4.69, 9.17) is 9.47 Å². The molecule has 1 aliphatic rings. The van der Waals surface area contributed by atoms with Crippen LogP contribution in [0.15, 0.2) is 65.9 Å². The molecule has 0 fully saturated rings. The quantitative estimate of drug-likeness (QED) is 0.619. The molecule has 0 aliphatic carbocycles. The van der Waals surface area contributed by atoms with Crippen molar-refractivity contribution in [1.82, 2.24) is 4.90 Å². The summed E-state index contributed by atoms with van der Waals surface area (Å²) < 4.78 is 11.1. The standard InChI is InChI=1S/C25H29NO5/c1-17(2)14-21(27)22-23(26(12-13-30-3)25(29)24(22)28)19-10-7-11-20(15-19)31-16-18-8-5-4-6-9-18/h4-11,15,17,23,28H,12-14,16H2,1-3H3. The fourth-order valence-corrected chi connectivity index (χ4v) is 3.70. The number of carbonyl (C=O) groups is 2. The van der Waals surface area contributed by atoms with Gasteiger partial charge in [-0.2, -0.15) is 0 Å². The fraction of sp³-hybridized carbons (Fsp3) is 0.360. The third kappa shape index (κ3) is 5.33. The number of ketones is 1. The van der Waals surface area contributed by atoms with Crippen LogP contribution in [0, 0.1) is 5.92 Å². The average Bonchev–Trinajstić information content (AvgIpc) is 3.01. The number of methoxy groups -OCH3 is 1. The lowest BCUT2D eigenvalue weighted by atomic mass is 9.92. The Bertz CT molecular complexity index is 951. The lowest BCUT2D eigenvalue weighted by Crippen LogP contribution is -2.34. The zero-order chi connectivity index (χ0) is 22.4. The Morgan fingerprint density at radius 3 is 2.55 bits per heavy atom. The first kappa shape index (κ1) is 22.6. The molecule has 6 heteroatoms. The lowest BCUT2D eigenvalue weighted by molar-refractivity contribution is -0.130. The van der Waals surface area contributed by atoms with Gasteiger partial charge < -0.3 is 19.5 Å². The first-order valence-electron chi connectivity index (χ1n) is 10.4. The first-order valence-corrected chi connectivity index (χ1v) is 10.4. The maximum Gasteiger partial charge on any atom is 0.290 e. The summed E-state index contributed by atoms with van der Waals surface area (Å²) in [6.07, 6.45) is 0.255. The summed E-state index contributed by atoms with van der Waals surface area (Å²) in [6, 6.07) is 16.5. The second-order valence-corrected chi connectivity index (χ2v) is 8.02. The van der Waals surface area contributed by atoms with Crippen LogP contribution in [0.3, 0.4) is 0 Å². The highest BCUT2D eigenvalue weighted by Crippen LogP contribution is 2.39. The number of hydrogen-bond donors (Lipinski definition) is 1. The molecule has 164 valence electrons. The largest absolute Gasteiger partial charge is 0.503 e. The van der Waals surface area contributed by atoms with E-state index in [1.54, 1.807) is 7.11 Å². The Hall–Kier alpha value is -3.12. The summed E-state index contributed by atoms with van der Waals surface area (Å²) in [5, 5.41) is 10.6. The normalized spacial score (nSPS) is 16.3. The Morgan fingerprint density at radius 2 is 1.87 bits per heavy atom. The topological polar surface area (TPSA) is 76.1 Å². The molecule has 1 amide bonds. The zero-order valence-corrected chi connectivity index (χ0v) is 18.2. The molecular weight excluding hydrogens is 394 g/mol. The highest BCUT2D eigenvalue weighted by molar-refractivity contribution is 6.09. The van der Waals surface area contributed by atoms with Gasteiger partial charge in [0, 0.05) is 20.1 Å². The molecule has 0 radical (unpaired) electrons. The van der Waals surface area contributed by atoms with Gasteiger partial charge in [-0.05, 0) is 29.2 Å². The summed E-state index contributed by atoms with van der Waals surface area (Å²) in [7, 11) is 1.55. The molecule has 1 N–H and O–H groups in total. The molecule has 0 saturated heterocycles. The van der Waals surface area contributed by atoms with Gasteiger partial charge in [-0.25, -0.2) is 0 Å². The van der Waals surface area contributed by atoms with Crippen LogP contribution in [-0.2, 0) is 20.9 Å². The Kier molecular flexibility index (Phi) is 7.47. The van der Waals surface area contributed by atoms with Crippen molar-refractivity contribution in [1.29, 1.82) is 0 Å². The lowest BCUT2D eigenvalue weighted by Gasteiger charge is -2.27. The van der Waals surface area contributed by atoms with Gasteiger partial charge in [0.25, 0.3) is 5.91 Å². The van der Waals surface area contributed by atoms with Crippen molar-refractivity contribution in [3.05, 3.63) is 77.1 Å². The van der Waals surface area contributed by atoms with Crippen LogP contribution in [-0.4, -0.2) is 42.0 Å². The predicted octanol–water partition coefficient (Wildman–Crippen LogP) is 4.22. The summed E-state index contributed by atoms with van der Waals surface area (Å²) >= 11 is 0. The van der Waals surface area contributed by atoms with E-state index in [1.807, 2.05) is 68.4 Å². The van der Waals surface area contributed by atoms with Gasteiger partial charge in [-0.1, -0.05) is 56.3 Å². The number of rotatable bonds is 10. The number of aliphatic hydroxyl groups excluding tert-OH is 1. The van der Waals surface area contributed by atoms with Crippen LogP contribution in [0.5, 0.6) is 5.75 Å². The van der Waals surface area contributed by atoms with Crippen molar-refractivity contribution in [3.8, 4) is 5.75 Å². The minimum Gasteiger partial charge on any atom is -0.503 e. The number of carbonyl (C=O) groups excluding carboxylic acids is 2. The number of nitrogens with zero attached hydrogens (tertiary/aromatic N) is 1. The van der Waals surface area contributed by atoms with Crippen LogP contribution >= 0.6 is 0 Å². The van der Waals surface area contributed by atoms with E-state index in [0.29, 0.717) is 24.5 Å². The Balaban J connectivity index is 1.91. The Labute approximate surface area is 183 Å². The third-order valence-electron chi connectivity index (χ3n) is 5.16. The monoisotopic (exact) mass is 423 g/mol. The minimum atomic E-state index is -0.672. The molecule has 1 heterocycles. The van der Waals surface area contributed by atoms with Gasteiger partial charge in [0.05, 0.1) is 18.2 Å². The summed E-state index contributed by atoms with van der Waals surface area (Å²) in [6.45, 7) is 4.83. The molecule has 2 aromatic rings. The van der Waals surface area contributed by atoms with E-state index >= 15 is 0 Å². The van der Waals surface area contributed by atoms with Crippen molar-refractivity contribution in [2.75, 3.05) is 20.3 Å². The molecule has 3 rings (SSSR count). The minimum absolute atomic E-state index is 0.108. The van der Waals surface area contributed by atoms with Crippen LogP contribution in [0.1, 0.15) is 37.4 Å². The molecule has 6 nitrogen and oxygen atoms in total. The van der Waals surface area contributed by atoms with E-state index in [-0.39, 0.29) is 30.2 Å². The molecule has 0 aromatic heterocycles. The van der Waals surface area contributed by atoms with Gasteiger partial charge in [-0.15, -0.1) is 0 Å². The van der Waals surface area contributed by atoms with E-state index in [2.05, 4.69) is 0 Å². The van der Waals surface area contributed by atoms with E-state index in [9.17, 15) is 14.7 Å². The predicted molar refractivity (Wildman–Crippen MR) is 118 cm³/mol. The molecule has 0 saturated carbocycles. The van der Waals surface area contributed by atoms with E-state index in [1.165, 1.54) is 4.90 Å². The molecule has 1 aliphatic heterocycles. The van der Waals surface area contributed by atoms with Gasteiger partial charge in [0.15, 0.2) is 11.5 Å². The highest BCUT2D eigenvalue weighted by Gasteiger charge is 2.43. The maximum atomic E-state index is 13.0. The van der Waals surface area contributed by atoms with Crippen molar-refractivity contribution >= 4 is 11.7 Å². The molecule has 0 bridgehead atoms. The zero-order valence-electron chi connectivity index (χ0n) is 18.2. The SMILES string of the molecule is COCCN1C(=O)C(O)=C(C(=O)CC(C)C)C1c1cccc(OCc2ccccc2)c1. The highest BCUT2D eigenvalue weighted by atomic mass is 16.5. The molecule has 2 aromatic carbocycles. The van der Waals surface area contributed by atoms with Gasteiger partial charge in [-0.3, -0.25) is 9.59 Å². The number of amides is 1. The van der Waals surface area contributed by atoms with Crippen LogP contribution in [0.2, 0.25) is 0 Å². The summed E-state index contributed by atoms with van der Waals surface area (Å²) in [5.41, 5.74) is 1.90. The number of benzene rings is 2. The fourth-order valence-electron chi connectivity index (χ4n) is 3.70. The van der Waals surface area contributed by atoms with Crippen molar-refractivity contribution < 1.29 is 24.2 Å². The Morgan fingerprint density at radius 1 is 1.13 bits per heavy atom. The molecule has 1 atom stereocenters. The summed E-state index contributed by atoms with van der Waals surface area (Å²) in [4.78, 5) is 27.2. The second-order valence-electron chi connectivity index (χ2n) is 8.02. The molecule has 1 unspecified atom stereocenters. The number of ether oxygens (including phenoxy) is 2. The third-order valence-corrected chi connectivity index (χ3v) is 5.16. The number of Topliss-reactive ketones (excluding diaryl/α,β-unsaturated/α-hetero) is 1. The van der Waals surface area contributed by atoms with E-state index < -0.39 is 17.7 Å².